The second-order valence-corrected chi connectivity index (χ2v) is 8.15. The molecule has 1 saturated heterocycles. The Hall–Kier alpha value is -2.33. The highest BCUT2D eigenvalue weighted by atomic mass is 35.5. The predicted molar refractivity (Wildman–Crippen MR) is 111 cm³/mol. The number of rotatable bonds is 3. The van der Waals surface area contributed by atoms with Gasteiger partial charge >= 0.3 is 0 Å². The van der Waals surface area contributed by atoms with E-state index in [1.54, 1.807) is 12.1 Å². The number of halogens is 2. The number of hydrogen-bond acceptors (Lipinski definition) is 7. The molecule has 0 aromatic heterocycles. The molecule has 0 N–H and O–H groups in total. The number of hydrogen-bond donors (Lipinski definition) is 0. The molecule has 0 atom stereocenters. The first kappa shape index (κ1) is 19.0. The molecule has 2 aliphatic rings. The summed E-state index contributed by atoms with van der Waals surface area (Å²) in [6, 6.07) is 7.41. The number of anilines is 1. The Labute approximate surface area is 178 Å². The van der Waals surface area contributed by atoms with Gasteiger partial charge in [-0.05, 0) is 30.3 Å². The smallest absolute Gasteiger partial charge is 0.280 e. The third kappa shape index (κ3) is 3.30. The molecule has 0 saturated carbocycles. The Balaban J connectivity index is 1.75. The Morgan fingerprint density at radius 3 is 2.61 bits per heavy atom. The summed E-state index contributed by atoms with van der Waals surface area (Å²) >= 11 is 18.4. The number of fused-ring (bicyclic) bond motifs is 1. The van der Waals surface area contributed by atoms with Gasteiger partial charge in [-0.1, -0.05) is 47.2 Å². The maximum atomic E-state index is 12.9. The number of thioether (sulfide) groups is 1. The lowest BCUT2D eigenvalue weighted by molar-refractivity contribution is -0.385. The van der Waals surface area contributed by atoms with Gasteiger partial charge in [-0.25, -0.2) is 0 Å². The zero-order chi connectivity index (χ0) is 20.0. The van der Waals surface area contributed by atoms with Crippen molar-refractivity contribution in [3.63, 3.8) is 0 Å². The number of nitro groups is 1. The van der Waals surface area contributed by atoms with Crippen LogP contribution in [0.1, 0.15) is 5.56 Å². The number of nitrogens with zero attached hydrogens (tertiary/aromatic N) is 2. The van der Waals surface area contributed by atoms with Crippen LogP contribution in [0.2, 0.25) is 10.0 Å². The second-order valence-electron chi connectivity index (χ2n) is 5.63. The molecular formula is C17H8Cl2N2O5S2. The van der Waals surface area contributed by atoms with Gasteiger partial charge in [0.1, 0.15) is 0 Å². The van der Waals surface area contributed by atoms with E-state index in [0.717, 1.165) is 11.8 Å². The zero-order valence-electron chi connectivity index (χ0n) is 13.7. The van der Waals surface area contributed by atoms with Gasteiger partial charge in [-0.2, -0.15) is 0 Å². The fourth-order valence-corrected chi connectivity index (χ4v) is 4.47. The topological polar surface area (TPSA) is 81.9 Å². The summed E-state index contributed by atoms with van der Waals surface area (Å²) < 4.78 is 10.7. The van der Waals surface area contributed by atoms with Crippen molar-refractivity contribution >= 4 is 74.9 Å². The molecule has 0 unspecified atom stereocenters. The van der Waals surface area contributed by atoms with Gasteiger partial charge < -0.3 is 9.47 Å². The van der Waals surface area contributed by atoms with E-state index in [4.69, 9.17) is 44.9 Å². The molecule has 1 fully saturated rings. The summed E-state index contributed by atoms with van der Waals surface area (Å²) in [6.07, 6.45) is 1.41. The minimum atomic E-state index is -0.551. The molecule has 4 rings (SSSR count). The zero-order valence-corrected chi connectivity index (χ0v) is 16.8. The van der Waals surface area contributed by atoms with Gasteiger partial charge in [0.05, 0.1) is 32.2 Å². The van der Waals surface area contributed by atoms with E-state index in [-0.39, 0.29) is 38.0 Å². The molecule has 0 bridgehead atoms. The van der Waals surface area contributed by atoms with Crippen molar-refractivity contribution < 1.29 is 19.2 Å². The first-order chi connectivity index (χ1) is 13.3. The van der Waals surface area contributed by atoms with Crippen LogP contribution < -0.4 is 14.4 Å². The molecule has 2 aromatic carbocycles. The van der Waals surface area contributed by atoms with E-state index in [2.05, 4.69) is 0 Å². The first-order valence-corrected chi connectivity index (χ1v) is 9.64. The van der Waals surface area contributed by atoms with E-state index in [1.807, 2.05) is 0 Å². The predicted octanol–water partition coefficient (Wildman–Crippen LogP) is 5.04. The minimum Gasteiger partial charge on any atom is -0.454 e. The number of thiocarbonyl (C=S) groups is 1. The largest absolute Gasteiger partial charge is 0.454 e. The number of ether oxygens (including phenoxy) is 2. The summed E-state index contributed by atoms with van der Waals surface area (Å²) in [7, 11) is 0. The maximum absolute atomic E-state index is 12.9. The highest BCUT2D eigenvalue weighted by molar-refractivity contribution is 8.27. The first-order valence-electron chi connectivity index (χ1n) is 7.66. The fraction of sp³-hybridized carbons (Fsp3) is 0.0588. The molecule has 142 valence electrons. The summed E-state index contributed by atoms with van der Waals surface area (Å²) in [5.41, 5.74) is 0.383. The molecule has 2 heterocycles. The van der Waals surface area contributed by atoms with Gasteiger partial charge in [-0.15, -0.1) is 0 Å². The molecule has 2 aliphatic heterocycles. The van der Waals surface area contributed by atoms with Crippen LogP contribution in [0.25, 0.3) is 6.08 Å². The van der Waals surface area contributed by atoms with Crippen molar-refractivity contribution in [2.24, 2.45) is 0 Å². The lowest BCUT2D eigenvalue weighted by Gasteiger charge is -2.16. The Morgan fingerprint density at radius 2 is 1.93 bits per heavy atom. The van der Waals surface area contributed by atoms with Gasteiger partial charge in [-0.3, -0.25) is 19.8 Å². The van der Waals surface area contributed by atoms with Crippen molar-refractivity contribution in [2.75, 3.05) is 11.7 Å². The van der Waals surface area contributed by atoms with Crippen molar-refractivity contribution in [2.45, 2.75) is 0 Å². The van der Waals surface area contributed by atoms with Crippen LogP contribution in [0.4, 0.5) is 11.4 Å². The molecular weight excluding hydrogens is 447 g/mol. The van der Waals surface area contributed by atoms with Gasteiger partial charge in [0.2, 0.25) is 6.79 Å². The van der Waals surface area contributed by atoms with Crippen LogP contribution in [0.15, 0.2) is 35.2 Å². The number of benzene rings is 2. The minimum absolute atomic E-state index is 0.0207. The maximum Gasteiger partial charge on any atom is 0.280 e. The Kier molecular flexibility index (Phi) is 4.92. The molecule has 7 nitrogen and oxygen atoms in total. The monoisotopic (exact) mass is 454 g/mol. The third-order valence-corrected chi connectivity index (χ3v) is 5.79. The number of carbonyl (C=O) groups excluding carboxylic acids is 1. The third-order valence-electron chi connectivity index (χ3n) is 3.95. The van der Waals surface area contributed by atoms with E-state index < -0.39 is 10.8 Å². The summed E-state index contributed by atoms with van der Waals surface area (Å²) in [6.45, 7) is -0.0207. The van der Waals surface area contributed by atoms with Crippen molar-refractivity contribution in [3.8, 4) is 11.5 Å². The van der Waals surface area contributed by atoms with E-state index in [1.165, 1.54) is 29.2 Å². The number of carbonyl (C=O) groups is 1. The summed E-state index contributed by atoms with van der Waals surface area (Å²) in [5, 5.41) is 12.1. The number of amides is 1. The summed E-state index contributed by atoms with van der Waals surface area (Å²) in [4.78, 5) is 25.3. The quantitative estimate of drug-likeness (QED) is 0.278. The van der Waals surface area contributed by atoms with Crippen LogP contribution >= 0.6 is 47.2 Å². The van der Waals surface area contributed by atoms with E-state index in [9.17, 15) is 14.9 Å². The lowest BCUT2D eigenvalue weighted by atomic mass is 10.1. The Morgan fingerprint density at radius 1 is 1.21 bits per heavy atom. The van der Waals surface area contributed by atoms with Crippen LogP contribution in [0.5, 0.6) is 11.5 Å². The SMILES string of the molecule is O=C1/C(=C\c2cc3c(cc2[N+](=O)[O-])OCO3)SC(=S)N1c1ccc(Cl)cc1Cl. The summed E-state index contributed by atoms with van der Waals surface area (Å²) in [5.74, 6) is 0.212. The second kappa shape index (κ2) is 7.25. The van der Waals surface area contributed by atoms with Gasteiger partial charge in [0.25, 0.3) is 11.6 Å². The van der Waals surface area contributed by atoms with Crippen LogP contribution in [-0.2, 0) is 4.79 Å². The normalized spacial score (nSPS) is 16.9. The van der Waals surface area contributed by atoms with Crippen molar-refractivity contribution in [1.82, 2.24) is 0 Å². The van der Waals surface area contributed by atoms with Crippen LogP contribution in [0.3, 0.4) is 0 Å². The highest BCUT2D eigenvalue weighted by Crippen LogP contribution is 2.43. The van der Waals surface area contributed by atoms with E-state index >= 15 is 0 Å². The standard InChI is InChI=1S/C17H8Cl2N2O5S2/c18-9-1-2-11(10(19)5-9)20-16(22)15(28-17(20)27)4-8-3-13-14(26-7-25-13)6-12(8)21(23)24/h1-6H,7H2/b15-4+. The Bertz CT molecular complexity index is 1090. The fourth-order valence-electron chi connectivity index (χ4n) is 2.70. The highest BCUT2D eigenvalue weighted by Gasteiger charge is 2.35. The molecule has 11 heteroatoms. The average molecular weight is 455 g/mol. The van der Waals surface area contributed by atoms with Gasteiger partial charge in [0.15, 0.2) is 15.8 Å². The average Bonchev–Trinajstić information content (AvgIpc) is 3.19. The van der Waals surface area contributed by atoms with Crippen LogP contribution in [0, 0.1) is 10.1 Å². The van der Waals surface area contributed by atoms with Crippen molar-refractivity contribution in [3.05, 3.63) is 61.0 Å². The van der Waals surface area contributed by atoms with E-state index in [0.29, 0.717) is 16.5 Å². The molecule has 28 heavy (non-hydrogen) atoms. The van der Waals surface area contributed by atoms with Gasteiger partial charge in [0, 0.05) is 5.02 Å². The van der Waals surface area contributed by atoms with Crippen molar-refractivity contribution in [1.29, 1.82) is 0 Å². The van der Waals surface area contributed by atoms with Crippen LogP contribution in [-0.4, -0.2) is 21.9 Å². The molecule has 1 amide bonds. The molecule has 0 aliphatic carbocycles. The molecule has 0 spiro atoms. The molecule has 0 radical (unpaired) electrons. The number of nitro benzene ring substituents is 1. The lowest BCUT2D eigenvalue weighted by Crippen LogP contribution is -2.27. The molecule has 2 aromatic rings.